The van der Waals surface area contributed by atoms with Crippen LogP contribution in [0.4, 0.5) is 4.39 Å². The highest BCUT2D eigenvalue weighted by Gasteiger charge is 2.37. The molecule has 0 spiro atoms. The second-order valence-corrected chi connectivity index (χ2v) is 4.67. The summed E-state index contributed by atoms with van der Waals surface area (Å²) < 4.78 is 20.1. The number of nitrogens with zero attached hydrogens (tertiary/aromatic N) is 2. The summed E-state index contributed by atoms with van der Waals surface area (Å²) in [6.07, 6.45) is 1.54. The van der Waals surface area contributed by atoms with Crippen LogP contribution >= 0.6 is 0 Å². The van der Waals surface area contributed by atoms with Gasteiger partial charge in [-0.25, -0.2) is 9.07 Å². The molecular formula is C14H13FN2O3. The van der Waals surface area contributed by atoms with Gasteiger partial charge in [-0.15, -0.1) is 0 Å². The van der Waals surface area contributed by atoms with Crippen molar-refractivity contribution >= 4 is 5.97 Å². The van der Waals surface area contributed by atoms with Crippen molar-refractivity contribution in [3.63, 3.8) is 0 Å². The van der Waals surface area contributed by atoms with Gasteiger partial charge in [0.1, 0.15) is 11.9 Å². The number of carboxylic acid groups (broad SMARTS) is 1. The van der Waals surface area contributed by atoms with E-state index in [4.69, 9.17) is 4.74 Å². The largest absolute Gasteiger partial charge is 0.481 e. The second-order valence-electron chi connectivity index (χ2n) is 4.67. The van der Waals surface area contributed by atoms with E-state index in [0.29, 0.717) is 24.4 Å². The molecule has 6 heteroatoms. The molecule has 1 N–H and O–H groups in total. The number of aromatic nitrogens is 2. The number of carboxylic acids is 1. The monoisotopic (exact) mass is 276 g/mol. The molecule has 2 atom stereocenters. The van der Waals surface area contributed by atoms with E-state index in [1.165, 1.54) is 12.1 Å². The van der Waals surface area contributed by atoms with Gasteiger partial charge in [0, 0.05) is 12.8 Å². The highest BCUT2D eigenvalue weighted by Crippen LogP contribution is 2.35. The number of hydrogen-bond acceptors (Lipinski definition) is 3. The molecule has 1 aromatic carbocycles. The van der Waals surface area contributed by atoms with Crippen LogP contribution < -0.4 is 0 Å². The molecular weight excluding hydrogens is 263 g/mol. The van der Waals surface area contributed by atoms with E-state index in [1.54, 1.807) is 29.1 Å². The molecule has 0 amide bonds. The Bertz CT molecular complexity index is 624. The smallest absolute Gasteiger partial charge is 0.309 e. The third-order valence-corrected chi connectivity index (χ3v) is 3.44. The highest BCUT2D eigenvalue weighted by molar-refractivity contribution is 5.71. The van der Waals surface area contributed by atoms with Gasteiger partial charge in [0.15, 0.2) is 0 Å². The zero-order valence-electron chi connectivity index (χ0n) is 10.6. The van der Waals surface area contributed by atoms with Gasteiger partial charge < -0.3 is 9.84 Å². The van der Waals surface area contributed by atoms with Gasteiger partial charge >= 0.3 is 5.97 Å². The first-order valence-electron chi connectivity index (χ1n) is 6.31. The van der Waals surface area contributed by atoms with Crippen LogP contribution in [0.2, 0.25) is 0 Å². The summed E-state index contributed by atoms with van der Waals surface area (Å²) in [6, 6.07) is 7.60. The van der Waals surface area contributed by atoms with Crippen LogP contribution in [0.15, 0.2) is 36.5 Å². The Labute approximate surface area is 114 Å². The molecule has 1 aliphatic rings. The Morgan fingerprint density at radius 3 is 2.80 bits per heavy atom. The fourth-order valence-corrected chi connectivity index (χ4v) is 2.46. The van der Waals surface area contributed by atoms with Crippen LogP contribution in [-0.2, 0) is 9.53 Å². The summed E-state index contributed by atoms with van der Waals surface area (Å²) in [6.45, 7) is 0.413. The number of carbonyl (C=O) groups is 1. The van der Waals surface area contributed by atoms with Gasteiger partial charge in [-0.05, 0) is 36.8 Å². The van der Waals surface area contributed by atoms with E-state index < -0.39 is 18.0 Å². The van der Waals surface area contributed by atoms with Crippen molar-refractivity contribution in [2.45, 2.75) is 12.5 Å². The first-order chi connectivity index (χ1) is 9.66. The SMILES string of the molecule is O=C(O)[C@@H]1CCO[C@H]1c1ccnn1-c1ccc(F)cc1. The summed E-state index contributed by atoms with van der Waals surface area (Å²) >= 11 is 0. The Morgan fingerprint density at radius 2 is 2.10 bits per heavy atom. The van der Waals surface area contributed by atoms with Gasteiger partial charge in [-0.3, -0.25) is 4.79 Å². The maximum Gasteiger partial charge on any atom is 0.309 e. The maximum absolute atomic E-state index is 13.0. The zero-order valence-corrected chi connectivity index (χ0v) is 10.6. The lowest BCUT2D eigenvalue weighted by molar-refractivity contribution is -0.143. The molecule has 5 nitrogen and oxygen atoms in total. The lowest BCUT2D eigenvalue weighted by atomic mass is 9.99. The Kier molecular flexibility index (Phi) is 3.23. The molecule has 1 aliphatic heterocycles. The first-order valence-corrected chi connectivity index (χ1v) is 6.31. The van der Waals surface area contributed by atoms with Gasteiger partial charge in [0.25, 0.3) is 0 Å². The molecule has 0 bridgehead atoms. The first kappa shape index (κ1) is 12.8. The number of ether oxygens (including phenoxy) is 1. The molecule has 1 fully saturated rings. The fourth-order valence-electron chi connectivity index (χ4n) is 2.46. The number of hydrogen-bond donors (Lipinski definition) is 1. The van der Waals surface area contributed by atoms with Crippen molar-refractivity contribution in [3.8, 4) is 5.69 Å². The summed E-state index contributed by atoms with van der Waals surface area (Å²) in [5, 5.41) is 13.4. The topological polar surface area (TPSA) is 64.3 Å². The normalized spacial score (nSPS) is 22.1. The standard InChI is InChI=1S/C14H13FN2O3/c15-9-1-3-10(4-2-9)17-12(5-7-16-17)13-11(14(18)19)6-8-20-13/h1-5,7,11,13H,6,8H2,(H,18,19)/t11-,13-/m1/s1. The Balaban J connectivity index is 1.98. The predicted octanol–water partition coefficient (Wildman–Crippen LogP) is 2.17. The molecule has 2 heterocycles. The number of benzene rings is 1. The number of halogens is 1. The molecule has 1 aromatic heterocycles. The lowest BCUT2D eigenvalue weighted by Crippen LogP contribution is -2.20. The van der Waals surface area contributed by atoms with Crippen molar-refractivity contribution in [2.24, 2.45) is 5.92 Å². The minimum Gasteiger partial charge on any atom is -0.481 e. The second kappa shape index (κ2) is 5.05. The molecule has 0 saturated carbocycles. The minimum absolute atomic E-state index is 0.331. The van der Waals surface area contributed by atoms with Gasteiger partial charge in [0.2, 0.25) is 0 Å². The van der Waals surface area contributed by atoms with E-state index in [2.05, 4.69) is 5.10 Å². The number of rotatable bonds is 3. The average Bonchev–Trinajstić information content (AvgIpc) is 3.07. The average molecular weight is 276 g/mol. The molecule has 2 aromatic rings. The number of aliphatic carboxylic acids is 1. The summed E-state index contributed by atoms with van der Waals surface area (Å²) in [7, 11) is 0. The van der Waals surface area contributed by atoms with Crippen molar-refractivity contribution < 1.29 is 19.0 Å². The molecule has 0 unspecified atom stereocenters. The lowest BCUT2D eigenvalue weighted by Gasteiger charge is -2.16. The van der Waals surface area contributed by atoms with E-state index in [9.17, 15) is 14.3 Å². The predicted molar refractivity (Wildman–Crippen MR) is 68.0 cm³/mol. The third-order valence-electron chi connectivity index (χ3n) is 3.44. The van der Waals surface area contributed by atoms with Crippen LogP contribution in [0.5, 0.6) is 0 Å². The maximum atomic E-state index is 13.0. The van der Waals surface area contributed by atoms with Crippen molar-refractivity contribution in [1.29, 1.82) is 0 Å². The Morgan fingerprint density at radius 1 is 1.35 bits per heavy atom. The molecule has 20 heavy (non-hydrogen) atoms. The van der Waals surface area contributed by atoms with Crippen LogP contribution in [0.25, 0.3) is 5.69 Å². The van der Waals surface area contributed by atoms with Crippen molar-refractivity contribution in [2.75, 3.05) is 6.61 Å². The molecule has 1 saturated heterocycles. The molecule has 3 rings (SSSR count). The zero-order chi connectivity index (χ0) is 14.1. The van der Waals surface area contributed by atoms with E-state index in [0.717, 1.165) is 0 Å². The van der Waals surface area contributed by atoms with Crippen LogP contribution in [0.3, 0.4) is 0 Å². The fraction of sp³-hybridized carbons (Fsp3) is 0.286. The highest BCUT2D eigenvalue weighted by atomic mass is 19.1. The molecule has 0 aliphatic carbocycles. The van der Waals surface area contributed by atoms with Gasteiger partial charge in [0.05, 0.1) is 17.3 Å². The van der Waals surface area contributed by atoms with Crippen LogP contribution in [0.1, 0.15) is 18.2 Å². The van der Waals surface area contributed by atoms with E-state index >= 15 is 0 Å². The summed E-state index contributed by atoms with van der Waals surface area (Å²) in [5.41, 5.74) is 1.34. The van der Waals surface area contributed by atoms with Crippen LogP contribution in [-0.4, -0.2) is 27.5 Å². The quantitative estimate of drug-likeness (QED) is 0.933. The molecule has 0 radical (unpaired) electrons. The Hall–Kier alpha value is -2.21. The van der Waals surface area contributed by atoms with Crippen molar-refractivity contribution in [3.05, 3.63) is 48.0 Å². The summed E-state index contributed by atoms with van der Waals surface area (Å²) in [5.74, 6) is -1.78. The van der Waals surface area contributed by atoms with E-state index in [1.807, 2.05) is 0 Å². The molecule has 104 valence electrons. The van der Waals surface area contributed by atoms with Crippen molar-refractivity contribution in [1.82, 2.24) is 9.78 Å². The van der Waals surface area contributed by atoms with E-state index in [-0.39, 0.29) is 5.82 Å². The van der Waals surface area contributed by atoms with Gasteiger partial charge in [-0.2, -0.15) is 5.10 Å². The summed E-state index contributed by atoms with van der Waals surface area (Å²) in [4.78, 5) is 11.2. The third kappa shape index (κ3) is 2.18. The van der Waals surface area contributed by atoms with Crippen LogP contribution in [0, 0.1) is 11.7 Å². The van der Waals surface area contributed by atoms with Gasteiger partial charge in [-0.1, -0.05) is 0 Å². The minimum atomic E-state index is -0.876.